The van der Waals surface area contributed by atoms with Crippen LogP contribution in [0.5, 0.6) is 17.2 Å². The number of nitrogens with zero attached hydrogens (tertiary/aromatic N) is 1. The smallest absolute Gasteiger partial charge is 0.297 e. The van der Waals surface area contributed by atoms with E-state index in [9.17, 15) is 9.90 Å². The van der Waals surface area contributed by atoms with Crippen LogP contribution in [-0.4, -0.2) is 51.8 Å². The van der Waals surface area contributed by atoms with Crippen LogP contribution in [0.15, 0.2) is 65.6 Å². The normalized spacial score (nSPS) is 20.0. The summed E-state index contributed by atoms with van der Waals surface area (Å²) in [5.74, 6) is 1.88. The Bertz CT molecular complexity index is 1270. The van der Waals surface area contributed by atoms with Gasteiger partial charge in [0.2, 0.25) is 0 Å². The number of benzene rings is 2. The lowest BCUT2D eigenvalue weighted by atomic mass is 9.86. The molecule has 0 radical (unpaired) electrons. The quantitative estimate of drug-likeness (QED) is 0.421. The summed E-state index contributed by atoms with van der Waals surface area (Å²) in [4.78, 5) is 12.8. The van der Waals surface area contributed by atoms with E-state index in [0.717, 1.165) is 22.7 Å². The van der Waals surface area contributed by atoms with E-state index in [-0.39, 0.29) is 41.6 Å². The fourth-order valence-corrected chi connectivity index (χ4v) is 9.16. The molecule has 0 saturated carbocycles. The van der Waals surface area contributed by atoms with Crippen molar-refractivity contribution in [1.29, 1.82) is 0 Å². The first kappa shape index (κ1) is 27.0. The molecule has 3 aromatic rings. The Labute approximate surface area is 219 Å². The summed E-state index contributed by atoms with van der Waals surface area (Å²) in [6.45, 7) is 6.91. The van der Waals surface area contributed by atoms with E-state index in [1.54, 1.807) is 37.1 Å². The van der Waals surface area contributed by atoms with Gasteiger partial charge in [-0.25, -0.2) is 0 Å². The molecule has 1 N–H and O–H groups in total. The monoisotopic (exact) mass is 523 g/mol. The van der Waals surface area contributed by atoms with Gasteiger partial charge in [-0.3, -0.25) is 9.36 Å². The van der Waals surface area contributed by atoms with E-state index < -0.39 is 8.07 Å². The van der Waals surface area contributed by atoms with Gasteiger partial charge >= 0.3 is 0 Å². The van der Waals surface area contributed by atoms with Crippen LogP contribution in [0, 0.1) is 5.92 Å². The van der Waals surface area contributed by atoms with Crippen LogP contribution in [0.4, 0.5) is 0 Å². The fraction of sp³-hybridized carbons (Fsp3) is 0.414. The lowest BCUT2D eigenvalue weighted by molar-refractivity contribution is -0.0242. The summed E-state index contributed by atoms with van der Waals surface area (Å²) in [6, 6.07) is 17.5. The summed E-state index contributed by atoms with van der Waals surface area (Å²) >= 11 is 0. The lowest BCUT2D eigenvalue weighted by Crippen LogP contribution is -2.54. The summed E-state index contributed by atoms with van der Waals surface area (Å²) in [5, 5.41) is 11.4. The number of hydrogen-bond donors (Lipinski definition) is 1. The molecule has 0 aliphatic carbocycles. The zero-order valence-electron chi connectivity index (χ0n) is 22.4. The first-order chi connectivity index (χ1) is 17.8. The molecule has 7 nitrogen and oxygen atoms in total. The third kappa shape index (κ3) is 5.06. The molecule has 0 amide bonds. The fourth-order valence-electron chi connectivity index (χ4n) is 5.66. The Kier molecular flexibility index (Phi) is 8.11. The van der Waals surface area contributed by atoms with Crippen LogP contribution in [0.3, 0.4) is 0 Å². The third-order valence-corrected chi connectivity index (χ3v) is 12.1. The van der Waals surface area contributed by atoms with Crippen molar-refractivity contribution in [2.45, 2.75) is 44.2 Å². The van der Waals surface area contributed by atoms with E-state index in [2.05, 4.69) is 32.2 Å². The minimum absolute atomic E-state index is 0.0244. The van der Waals surface area contributed by atoms with Crippen molar-refractivity contribution in [2.75, 3.05) is 27.9 Å². The molecule has 1 aliphatic heterocycles. The second-order valence-electron chi connectivity index (χ2n) is 10.1. The second kappa shape index (κ2) is 11.1. The molecule has 1 unspecified atom stereocenters. The van der Waals surface area contributed by atoms with Gasteiger partial charge in [0.1, 0.15) is 17.6 Å². The van der Waals surface area contributed by atoms with Gasteiger partial charge in [-0.1, -0.05) is 37.3 Å². The van der Waals surface area contributed by atoms with E-state index in [1.165, 1.54) is 12.3 Å². The predicted octanol–water partition coefficient (Wildman–Crippen LogP) is 4.31. The lowest BCUT2D eigenvalue weighted by Gasteiger charge is -2.45. The van der Waals surface area contributed by atoms with Crippen molar-refractivity contribution >= 4 is 13.3 Å². The Morgan fingerprint density at radius 2 is 1.78 bits per heavy atom. The molecule has 37 heavy (non-hydrogen) atoms. The zero-order valence-corrected chi connectivity index (χ0v) is 23.4. The van der Waals surface area contributed by atoms with Crippen LogP contribution in [0.2, 0.25) is 18.6 Å². The second-order valence-corrected chi connectivity index (χ2v) is 14.9. The topological polar surface area (TPSA) is 79.1 Å². The van der Waals surface area contributed by atoms with Gasteiger partial charge < -0.3 is 24.1 Å². The molecule has 2 aromatic carbocycles. The van der Waals surface area contributed by atoms with Crippen LogP contribution < -0.4 is 25.0 Å². The molecule has 0 bridgehead atoms. The van der Waals surface area contributed by atoms with E-state index in [0.29, 0.717) is 6.42 Å². The summed E-state index contributed by atoms with van der Waals surface area (Å²) in [7, 11) is 2.78. The zero-order chi connectivity index (χ0) is 26.7. The average molecular weight is 524 g/mol. The van der Waals surface area contributed by atoms with Gasteiger partial charge in [0.05, 0.1) is 28.4 Å². The number of aliphatic hydroxyl groups excluding tert-OH is 1. The van der Waals surface area contributed by atoms with Crippen molar-refractivity contribution in [3.8, 4) is 22.9 Å². The minimum atomic E-state index is -2.10. The van der Waals surface area contributed by atoms with Crippen molar-refractivity contribution in [3.05, 3.63) is 76.7 Å². The molecular formula is C29H37NO6Si. The Morgan fingerprint density at radius 3 is 2.41 bits per heavy atom. The molecule has 1 aliphatic rings. The number of ether oxygens (including phenoxy) is 4. The molecule has 198 valence electrons. The summed E-state index contributed by atoms with van der Waals surface area (Å²) < 4.78 is 24.9. The highest BCUT2D eigenvalue weighted by atomic mass is 28.3. The number of aromatic nitrogens is 1. The van der Waals surface area contributed by atoms with Gasteiger partial charge in [-0.05, 0) is 54.4 Å². The van der Waals surface area contributed by atoms with Crippen molar-refractivity contribution in [2.24, 2.45) is 5.92 Å². The van der Waals surface area contributed by atoms with E-state index in [4.69, 9.17) is 18.9 Å². The number of fused-ring (bicyclic) bond motifs is 1. The Balaban J connectivity index is 1.73. The number of methoxy groups -OCH3 is 3. The molecule has 2 heterocycles. The highest BCUT2D eigenvalue weighted by Crippen LogP contribution is 2.47. The molecule has 4 atom stereocenters. The molecule has 0 spiro atoms. The predicted molar refractivity (Wildman–Crippen MR) is 147 cm³/mol. The average Bonchev–Trinajstić information content (AvgIpc) is 2.91. The summed E-state index contributed by atoms with van der Waals surface area (Å²) in [5.41, 5.74) is 1.55. The molecule has 8 heteroatoms. The molecular weight excluding hydrogens is 486 g/mol. The van der Waals surface area contributed by atoms with Crippen LogP contribution in [0.1, 0.15) is 25.0 Å². The maximum atomic E-state index is 12.8. The maximum absolute atomic E-state index is 12.8. The van der Waals surface area contributed by atoms with Gasteiger partial charge in [0.15, 0.2) is 5.75 Å². The van der Waals surface area contributed by atoms with Gasteiger partial charge in [0.25, 0.3) is 5.56 Å². The molecule has 0 fully saturated rings. The van der Waals surface area contributed by atoms with Crippen molar-refractivity contribution in [1.82, 2.24) is 4.57 Å². The van der Waals surface area contributed by atoms with Gasteiger partial charge in [0, 0.05) is 37.1 Å². The standard InChI is InChI=1S/C29H37NO6Si/c1-19-27(35-4)23-18-20(30-16-7-8-25(34-3)29(30)32)9-14-24(23)36-28(19)26(15-17-31)37(5,6)22-12-10-21(33-2)11-13-22/h7-14,16,18-19,26-28,31H,15,17H2,1-6H3/t19-,26?,27-,28-/m0/s1. The SMILES string of the molecule is COc1ccc([Si](C)(C)C(CCO)[C@H]2Oc3ccc(-n4cccc(OC)c4=O)cc3[C@@H](OC)[C@@H]2C)cc1. The Hall–Kier alpha value is -3.07. The Morgan fingerprint density at radius 1 is 1.05 bits per heavy atom. The largest absolute Gasteiger partial charge is 0.497 e. The van der Waals surface area contributed by atoms with Crippen molar-refractivity contribution in [3.63, 3.8) is 0 Å². The summed E-state index contributed by atoms with van der Waals surface area (Å²) in [6.07, 6.45) is 2.00. The van der Waals surface area contributed by atoms with E-state index >= 15 is 0 Å². The van der Waals surface area contributed by atoms with Crippen LogP contribution in [0.25, 0.3) is 5.69 Å². The van der Waals surface area contributed by atoms with Crippen LogP contribution in [-0.2, 0) is 4.74 Å². The maximum Gasteiger partial charge on any atom is 0.297 e. The number of pyridine rings is 1. The van der Waals surface area contributed by atoms with Crippen LogP contribution >= 0.6 is 0 Å². The minimum Gasteiger partial charge on any atom is -0.497 e. The third-order valence-electron chi connectivity index (χ3n) is 7.82. The molecule has 4 rings (SSSR count). The number of aliphatic hydroxyl groups is 1. The number of hydrogen-bond acceptors (Lipinski definition) is 6. The van der Waals surface area contributed by atoms with Gasteiger partial charge in [-0.15, -0.1) is 0 Å². The highest BCUT2D eigenvalue weighted by Gasteiger charge is 2.46. The van der Waals surface area contributed by atoms with Crippen molar-refractivity contribution < 1.29 is 24.1 Å². The number of rotatable bonds is 9. The molecule has 0 saturated heterocycles. The highest BCUT2D eigenvalue weighted by molar-refractivity contribution is 6.91. The first-order valence-corrected chi connectivity index (χ1v) is 15.7. The first-order valence-electron chi connectivity index (χ1n) is 12.6. The van der Waals surface area contributed by atoms with E-state index in [1.807, 2.05) is 30.3 Å². The van der Waals surface area contributed by atoms with Gasteiger partial charge in [-0.2, -0.15) is 0 Å². The molecule has 1 aromatic heterocycles.